The molecule has 3 aliphatic rings. The van der Waals surface area contributed by atoms with Gasteiger partial charge in [-0.05, 0) is 30.1 Å². The van der Waals surface area contributed by atoms with Crippen LogP contribution in [-0.2, 0) is 25.3 Å². The van der Waals surface area contributed by atoms with Crippen LogP contribution >= 0.6 is 0 Å². The van der Waals surface area contributed by atoms with Gasteiger partial charge in [-0.15, -0.1) is 0 Å². The zero-order chi connectivity index (χ0) is 21.4. The van der Waals surface area contributed by atoms with Crippen LogP contribution in [0.1, 0.15) is 39.7 Å². The summed E-state index contributed by atoms with van der Waals surface area (Å²) in [5, 5.41) is 0.0893. The van der Waals surface area contributed by atoms with Crippen molar-refractivity contribution in [1.29, 1.82) is 0 Å². The standard InChI is InChI=1S/C22H33NO5Si/c1-15(24)26-14-19-17-12-18(20(17)28-29(5,6)22(2,3)4)23(19)21(25)27-13-16-10-8-7-9-11-16/h7-11,17-20H,12-14H2,1-6H3/t17-,18-,19+,20-/m1/s1. The van der Waals surface area contributed by atoms with Gasteiger partial charge in [0.05, 0.1) is 18.2 Å². The summed E-state index contributed by atoms with van der Waals surface area (Å²) in [6, 6.07) is 9.41. The molecule has 1 aliphatic carbocycles. The Balaban J connectivity index is 1.71. The van der Waals surface area contributed by atoms with E-state index in [1.54, 1.807) is 4.90 Å². The minimum atomic E-state index is -1.98. The van der Waals surface area contributed by atoms with Gasteiger partial charge in [0.1, 0.15) is 13.2 Å². The van der Waals surface area contributed by atoms with Crippen molar-refractivity contribution in [2.75, 3.05) is 6.61 Å². The van der Waals surface area contributed by atoms with Crippen molar-refractivity contribution < 1.29 is 23.5 Å². The molecule has 4 atom stereocenters. The van der Waals surface area contributed by atoms with E-state index in [4.69, 9.17) is 13.9 Å². The number of esters is 1. The van der Waals surface area contributed by atoms with Crippen molar-refractivity contribution in [1.82, 2.24) is 4.90 Å². The number of rotatable bonds is 6. The maximum Gasteiger partial charge on any atom is 0.410 e. The third kappa shape index (κ3) is 4.51. The van der Waals surface area contributed by atoms with Gasteiger partial charge in [0, 0.05) is 12.8 Å². The van der Waals surface area contributed by atoms with Crippen molar-refractivity contribution in [2.45, 2.75) is 77.0 Å². The number of nitrogens with zero attached hydrogens (tertiary/aromatic N) is 1. The SMILES string of the molecule is CC(=O)OC[C@H]1[C@H]2C[C@H]([C@@H]2O[Si](C)(C)C(C)(C)C)N1C(=O)OCc1ccccc1. The summed E-state index contributed by atoms with van der Waals surface area (Å²) in [4.78, 5) is 26.1. The smallest absolute Gasteiger partial charge is 0.410 e. The maximum atomic E-state index is 12.9. The van der Waals surface area contributed by atoms with Crippen LogP contribution in [0.25, 0.3) is 0 Å². The van der Waals surface area contributed by atoms with Crippen LogP contribution in [0, 0.1) is 5.92 Å². The summed E-state index contributed by atoms with van der Waals surface area (Å²) in [7, 11) is -1.98. The Morgan fingerprint density at radius 1 is 1.14 bits per heavy atom. The highest BCUT2D eigenvalue weighted by molar-refractivity contribution is 6.74. The van der Waals surface area contributed by atoms with Gasteiger partial charge in [-0.1, -0.05) is 51.1 Å². The van der Waals surface area contributed by atoms with Gasteiger partial charge in [0.15, 0.2) is 8.32 Å². The molecule has 0 radical (unpaired) electrons. The van der Waals surface area contributed by atoms with Gasteiger partial charge in [-0.3, -0.25) is 9.69 Å². The second-order valence-corrected chi connectivity index (χ2v) is 14.4. The number of carbonyl (C=O) groups is 2. The first-order chi connectivity index (χ1) is 13.5. The van der Waals surface area contributed by atoms with Crippen molar-refractivity contribution in [3.63, 3.8) is 0 Å². The zero-order valence-electron chi connectivity index (χ0n) is 18.3. The second kappa shape index (κ2) is 8.11. The van der Waals surface area contributed by atoms with Crippen molar-refractivity contribution >= 4 is 20.4 Å². The summed E-state index contributed by atoms with van der Waals surface area (Å²) >= 11 is 0. The normalized spacial score (nSPS) is 26.1. The molecule has 1 amide bonds. The molecule has 1 saturated carbocycles. The Bertz CT molecular complexity index is 745. The first-order valence-electron chi connectivity index (χ1n) is 10.3. The van der Waals surface area contributed by atoms with Crippen LogP contribution in [0.5, 0.6) is 0 Å². The molecule has 1 aromatic carbocycles. The molecule has 6 nitrogen and oxygen atoms in total. The molecule has 29 heavy (non-hydrogen) atoms. The van der Waals surface area contributed by atoms with Gasteiger partial charge in [0.25, 0.3) is 0 Å². The number of benzene rings is 1. The van der Waals surface area contributed by atoms with E-state index in [0.717, 1.165) is 12.0 Å². The Morgan fingerprint density at radius 3 is 2.38 bits per heavy atom. The van der Waals surface area contributed by atoms with Crippen LogP contribution < -0.4 is 0 Å². The summed E-state index contributed by atoms with van der Waals surface area (Å²) < 4.78 is 17.5. The van der Waals surface area contributed by atoms with Crippen molar-refractivity contribution in [3.8, 4) is 0 Å². The number of hydrogen-bond acceptors (Lipinski definition) is 5. The largest absolute Gasteiger partial charge is 0.464 e. The van der Waals surface area contributed by atoms with Crippen molar-refractivity contribution in [2.24, 2.45) is 5.92 Å². The third-order valence-electron chi connectivity index (χ3n) is 6.63. The molecule has 1 aromatic rings. The lowest BCUT2D eigenvalue weighted by Crippen LogP contribution is -2.54. The zero-order valence-corrected chi connectivity index (χ0v) is 19.3. The average Bonchev–Trinajstić information content (AvgIpc) is 3.15. The van der Waals surface area contributed by atoms with E-state index in [9.17, 15) is 9.59 Å². The Labute approximate surface area is 174 Å². The number of fused-ring (bicyclic) bond motifs is 1. The Kier molecular flexibility index (Phi) is 6.10. The Morgan fingerprint density at radius 2 is 1.79 bits per heavy atom. The highest BCUT2D eigenvalue weighted by Gasteiger charge is 2.63. The molecule has 3 fully saturated rings. The molecule has 0 spiro atoms. The molecule has 2 saturated heterocycles. The van der Waals surface area contributed by atoms with E-state index in [2.05, 4.69) is 33.9 Å². The van der Waals surface area contributed by atoms with Crippen LogP contribution in [0.4, 0.5) is 4.79 Å². The molecule has 7 heteroatoms. The molecule has 0 unspecified atom stereocenters. The minimum absolute atomic E-state index is 0.0132. The van der Waals surface area contributed by atoms with Crippen LogP contribution in [0.15, 0.2) is 30.3 Å². The van der Waals surface area contributed by atoms with Crippen molar-refractivity contribution in [3.05, 3.63) is 35.9 Å². The predicted molar refractivity (Wildman–Crippen MR) is 113 cm³/mol. The molecule has 0 N–H and O–H groups in total. The van der Waals surface area contributed by atoms with Crippen LogP contribution in [0.3, 0.4) is 0 Å². The maximum absolute atomic E-state index is 12.9. The van der Waals surface area contributed by atoms with Gasteiger partial charge in [-0.2, -0.15) is 0 Å². The summed E-state index contributed by atoms with van der Waals surface area (Å²) in [5.74, 6) is -0.161. The highest BCUT2D eigenvalue weighted by Crippen LogP contribution is 2.51. The first kappa shape index (κ1) is 21.8. The van der Waals surface area contributed by atoms with E-state index < -0.39 is 8.32 Å². The van der Waals surface area contributed by atoms with E-state index >= 15 is 0 Å². The lowest BCUT2D eigenvalue weighted by Gasteiger charge is -2.45. The number of hydrogen-bond donors (Lipinski definition) is 0. The fraction of sp³-hybridized carbons (Fsp3) is 0.636. The van der Waals surface area contributed by atoms with Gasteiger partial charge in [0.2, 0.25) is 0 Å². The molecule has 160 valence electrons. The molecule has 4 rings (SSSR count). The number of amides is 1. The van der Waals surface area contributed by atoms with E-state index in [1.165, 1.54) is 6.92 Å². The van der Waals surface area contributed by atoms with Gasteiger partial charge >= 0.3 is 12.1 Å². The Hall–Kier alpha value is -1.86. The monoisotopic (exact) mass is 419 g/mol. The molecule has 0 aromatic heterocycles. The molecular weight excluding hydrogens is 386 g/mol. The van der Waals surface area contributed by atoms with Crippen LogP contribution in [0.2, 0.25) is 18.1 Å². The first-order valence-corrected chi connectivity index (χ1v) is 13.2. The molecule has 2 aliphatic heterocycles. The van der Waals surface area contributed by atoms with E-state index in [0.29, 0.717) is 0 Å². The number of ether oxygens (including phenoxy) is 2. The number of carbonyl (C=O) groups excluding carboxylic acids is 2. The topological polar surface area (TPSA) is 65.1 Å². The average molecular weight is 420 g/mol. The lowest BCUT2D eigenvalue weighted by atomic mass is 9.80. The quantitative estimate of drug-likeness (QED) is 0.507. The highest BCUT2D eigenvalue weighted by atomic mass is 28.4. The lowest BCUT2D eigenvalue weighted by molar-refractivity contribution is -0.142. The van der Waals surface area contributed by atoms with E-state index in [1.807, 2.05) is 30.3 Å². The van der Waals surface area contributed by atoms with Crippen LogP contribution in [-0.4, -0.2) is 50.1 Å². The summed E-state index contributed by atoms with van der Waals surface area (Å²) in [6.45, 7) is 12.9. The summed E-state index contributed by atoms with van der Waals surface area (Å²) in [6.07, 6.45) is 0.492. The predicted octanol–water partition coefficient (Wildman–Crippen LogP) is 4.35. The minimum Gasteiger partial charge on any atom is -0.464 e. The van der Waals surface area contributed by atoms with E-state index in [-0.39, 0.29) is 54.4 Å². The van der Waals surface area contributed by atoms with Gasteiger partial charge < -0.3 is 13.9 Å². The fourth-order valence-corrected chi connectivity index (χ4v) is 5.26. The fourth-order valence-electron chi connectivity index (χ4n) is 3.89. The van der Waals surface area contributed by atoms with Gasteiger partial charge in [-0.25, -0.2) is 4.79 Å². The third-order valence-corrected chi connectivity index (χ3v) is 11.1. The summed E-state index contributed by atoms with van der Waals surface area (Å²) in [5.41, 5.74) is 0.943. The molecular formula is C22H33NO5Si. The molecule has 2 heterocycles. The second-order valence-electron chi connectivity index (χ2n) is 9.63. The molecule has 2 bridgehead atoms.